The highest BCUT2D eigenvalue weighted by Crippen LogP contribution is 2.19. The van der Waals surface area contributed by atoms with E-state index in [0.717, 1.165) is 10.2 Å². The van der Waals surface area contributed by atoms with Crippen molar-refractivity contribution in [2.45, 2.75) is 26.3 Å². The Morgan fingerprint density at radius 1 is 1.11 bits per heavy atom. The zero-order chi connectivity index (χ0) is 13.8. The summed E-state index contributed by atoms with van der Waals surface area (Å²) in [7, 11) is 0. The van der Waals surface area contributed by atoms with Crippen LogP contribution in [0.4, 0.5) is 10.1 Å². The number of benzene rings is 2. The second kappa shape index (κ2) is 6.20. The molecule has 1 N–H and O–H groups in total. The first kappa shape index (κ1) is 14.1. The lowest BCUT2D eigenvalue weighted by atomic mass is 10.0. The zero-order valence-corrected chi connectivity index (χ0v) is 12.7. The van der Waals surface area contributed by atoms with E-state index in [1.165, 1.54) is 11.6 Å². The van der Waals surface area contributed by atoms with Gasteiger partial charge in [-0.15, -0.1) is 0 Å². The van der Waals surface area contributed by atoms with Gasteiger partial charge in [-0.05, 0) is 35.7 Å². The summed E-state index contributed by atoms with van der Waals surface area (Å²) in [5.74, 6) is 0.332. The van der Waals surface area contributed by atoms with Gasteiger partial charge in [-0.1, -0.05) is 48.0 Å². The molecule has 0 fully saturated rings. The van der Waals surface area contributed by atoms with Crippen LogP contribution in [0.1, 0.15) is 30.9 Å². The van der Waals surface area contributed by atoms with Crippen molar-refractivity contribution in [1.29, 1.82) is 0 Å². The van der Waals surface area contributed by atoms with Crippen LogP contribution in [0.15, 0.2) is 46.9 Å². The fourth-order valence-corrected chi connectivity index (χ4v) is 2.18. The highest BCUT2D eigenvalue weighted by Gasteiger charge is 2.03. The third kappa shape index (κ3) is 3.80. The van der Waals surface area contributed by atoms with Crippen LogP contribution in [0.3, 0.4) is 0 Å². The first-order valence-corrected chi connectivity index (χ1v) is 7.13. The van der Waals surface area contributed by atoms with E-state index in [-0.39, 0.29) is 5.82 Å². The second-order valence-electron chi connectivity index (χ2n) is 4.87. The molecule has 0 aliphatic rings. The molecule has 0 saturated heterocycles. The van der Waals surface area contributed by atoms with Gasteiger partial charge in [0.2, 0.25) is 0 Å². The zero-order valence-electron chi connectivity index (χ0n) is 11.1. The largest absolute Gasteiger partial charge is 0.381 e. The third-order valence-electron chi connectivity index (χ3n) is 3.08. The summed E-state index contributed by atoms with van der Waals surface area (Å²) in [6.07, 6.45) is 0. The minimum absolute atomic E-state index is 0.194. The average molecular weight is 322 g/mol. The third-order valence-corrected chi connectivity index (χ3v) is 3.57. The Morgan fingerprint density at radius 2 is 1.79 bits per heavy atom. The van der Waals surface area contributed by atoms with E-state index < -0.39 is 0 Å². The molecule has 0 aromatic heterocycles. The lowest BCUT2D eigenvalue weighted by molar-refractivity contribution is 0.612. The Bertz CT molecular complexity index is 549. The predicted molar refractivity (Wildman–Crippen MR) is 82.0 cm³/mol. The molecule has 2 aromatic rings. The Labute approximate surface area is 122 Å². The summed E-state index contributed by atoms with van der Waals surface area (Å²) < 4.78 is 14.4. The fourth-order valence-electron chi connectivity index (χ4n) is 1.85. The summed E-state index contributed by atoms with van der Waals surface area (Å²) in [4.78, 5) is 0. The molecule has 0 radical (unpaired) electrons. The second-order valence-corrected chi connectivity index (χ2v) is 5.78. The number of anilines is 1. The fraction of sp³-hybridized carbons (Fsp3) is 0.250. The number of hydrogen-bond acceptors (Lipinski definition) is 1. The minimum Gasteiger partial charge on any atom is -0.381 e. The van der Waals surface area contributed by atoms with Crippen LogP contribution in [0.25, 0.3) is 0 Å². The monoisotopic (exact) mass is 321 g/mol. The van der Waals surface area contributed by atoms with Crippen molar-refractivity contribution >= 4 is 21.6 Å². The number of hydrogen-bond donors (Lipinski definition) is 1. The Kier molecular flexibility index (Phi) is 4.59. The molecule has 0 saturated carbocycles. The highest BCUT2D eigenvalue weighted by molar-refractivity contribution is 9.10. The molecule has 0 aliphatic carbocycles. The van der Waals surface area contributed by atoms with Crippen LogP contribution >= 0.6 is 15.9 Å². The predicted octanol–water partition coefficient (Wildman–Crippen LogP) is 5.32. The van der Waals surface area contributed by atoms with Crippen molar-refractivity contribution in [2.75, 3.05) is 5.32 Å². The van der Waals surface area contributed by atoms with Gasteiger partial charge in [0.25, 0.3) is 0 Å². The number of rotatable bonds is 4. The van der Waals surface area contributed by atoms with Gasteiger partial charge in [0, 0.05) is 22.3 Å². The molecule has 19 heavy (non-hydrogen) atoms. The molecule has 0 amide bonds. The maximum Gasteiger partial charge on any atom is 0.129 e. The smallest absolute Gasteiger partial charge is 0.129 e. The lowest BCUT2D eigenvalue weighted by Crippen LogP contribution is -2.02. The van der Waals surface area contributed by atoms with E-state index in [2.05, 4.69) is 47.2 Å². The molecule has 0 bridgehead atoms. The molecule has 0 atom stereocenters. The molecule has 1 nitrogen and oxygen atoms in total. The van der Waals surface area contributed by atoms with Crippen molar-refractivity contribution in [2.24, 2.45) is 0 Å². The Balaban J connectivity index is 2.02. The normalized spacial score (nSPS) is 10.8. The molecule has 0 heterocycles. The van der Waals surface area contributed by atoms with E-state index in [0.29, 0.717) is 18.0 Å². The van der Waals surface area contributed by atoms with Crippen LogP contribution in [0.2, 0.25) is 0 Å². The molecule has 100 valence electrons. The van der Waals surface area contributed by atoms with Crippen molar-refractivity contribution in [3.63, 3.8) is 0 Å². The van der Waals surface area contributed by atoms with Crippen LogP contribution in [-0.4, -0.2) is 0 Å². The van der Waals surface area contributed by atoms with Gasteiger partial charge < -0.3 is 5.32 Å². The van der Waals surface area contributed by atoms with Gasteiger partial charge in [0.05, 0.1) is 0 Å². The average Bonchev–Trinajstić information content (AvgIpc) is 2.38. The van der Waals surface area contributed by atoms with Crippen molar-refractivity contribution < 1.29 is 4.39 Å². The summed E-state index contributed by atoms with van der Waals surface area (Å²) in [5, 5.41) is 3.23. The van der Waals surface area contributed by atoms with Crippen LogP contribution in [-0.2, 0) is 6.54 Å². The van der Waals surface area contributed by atoms with E-state index >= 15 is 0 Å². The summed E-state index contributed by atoms with van der Waals surface area (Å²) in [6.45, 7) is 4.82. The Hall–Kier alpha value is -1.35. The first-order chi connectivity index (χ1) is 9.06. The van der Waals surface area contributed by atoms with E-state index in [4.69, 9.17) is 0 Å². The molecule has 3 heteroatoms. The number of nitrogens with one attached hydrogen (secondary N) is 1. The Morgan fingerprint density at radius 3 is 2.37 bits per heavy atom. The highest BCUT2D eigenvalue weighted by atomic mass is 79.9. The topological polar surface area (TPSA) is 12.0 Å². The molecule has 0 unspecified atom stereocenters. The minimum atomic E-state index is -0.194. The lowest BCUT2D eigenvalue weighted by Gasteiger charge is -2.10. The summed E-state index contributed by atoms with van der Waals surface area (Å²) in [6, 6.07) is 13.4. The van der Waals surface area contributed by atoms with Gasteiger partial charge >= 0.3 is 0 Å². The summed E-state index contributed by atoms with van der Waals surface area (Å²) >= 11 is 3.25. The molecular formula is C16H17BrFN. The van der Waals surface area contributed by atoms with Gasteiger partial charge in [0.15, 0.2) is 0 Å². The maximum atomic E-state index is 13.7. The van der Waals surface area contributed by atoms with Gasteiger partial charge in [0.1, 0.15) is 5.82 Å². The summed E-state index contributed by atoms with van der Waals surface area (Å²) in [5.41, 5.74) is 2.98. The SMILES string of the molecule is CC(C)c1ccc(NCc2ccc(Br)cc2F)cc1. The van der Waals surface area contributed by atoms with Crippen LogP contribution in [0.5, 0.6) is 0 Å². The first-order valence-electron chi connectivity index (χ1n) is 6.34. The maximum absolute atomic E-state index is 13.7. The standard InChI is InChI=1S/C16H17BrFN/c1-11(2)12-4-7-15(8-5-12)19-10-13-3-6-14(17)9-16(13)18/h3-9,11,19H,10H2,1-2H3. The molecule has 0 spiro atoms. The van der Waals surface area contributed by atoms with E-state index in [1.54, 1.807) is 6.07 Å². The van der Waals surface area contributed by atoms with Crippen molar-refractivity contribution in [3.8, 4) is 0 Å². The molecule has 2 rings (SSSR count). The quantitative estimate of drug-likeness (QED) is 0.803. The van der Waals surface area contributed by atoms with E-state index in [1.807, 2.05) is 18.2 Å². The molecule has 2 aromatic carbocycles. The number of halogens is 2. The molecular weight excluding hydrogens is 305 g/mol. The van der Waals surface area contributed by atoms with Gasteiger partial charge in [-0.25, -0.2) is 4.39 Å². The van der Waals surface area contributed by atoms with Crippen LogP contribution in [0, 0.1) is 5.82 Å². The van der Waals surface area contributed by atoms with Crippen molar-refractivity contribution in [3.05, 3.63) is 63.9 Å². The van der Waals surface area contributed by atoms with Gasteiger partial charge in [-0.2, -0.15) is 0 Å². The van der Waals surface area contributed by atoms with Crippen molar-refractivity contribution in [1.82, 2.24) is 0 Å². The van der Waals surface area contributed by atoms with E-state index in [9.17, 15) is 4.39 Å². The van der Waals surface area contributed by atoms with Gasteiger partial charge in [-0.3, -0.25) is 0 Å². The molecule has 0 aliphatic heterocycles. The van der Waals surface area contributed by atoms with Crippen LogP contribution < -0.4 is 5.32 Å².